The lowest BCUT2D eigenvalue weighted by atomic mass is 10.2. The zero-order chi connectivity index (χ0) is 23.3. The van der Waals surface area contributed by atoms with Gasteiger partial charge in [0.1, 0.15) is 28.2 Å². The van der Waals surface area contributed by atoms with Crippen LogP contribution in [0.15, 0.2) is 54.6 Å². The van der Waals surface area contributed by atoms with E-state index in [1.54, 1.807) is 0 Å². The lowest BCUT2D eigenvalue weighted by Gasteiger charge is -2.15. The molecule has 2 aromatic carbocycles. The Morgan fingerprint density at radius 3 is 2.53 bits per heavy atom. The largest absolute Gasteiger partial charge is 0.481 e. The van der Waals surface area contributed by atoms with E-state index in [4.69, 9.17) is 26.3 Å². The average molecular weight is 457 g/mol. The van der Waals surface area contributed by atoms with Gasteiger partial charge in [0.15, 0.2) is 6.10 Å². The van der Waals surface area contributed by atoms with Crippen molar-refractivity contribution in [1.82, 2.24) is 4.98 Å². The fourth-order valence-corrected chi connectivity index (χ4v) is 2.70. The first-order chi connectivity index (χ1) is 15.2. The smallest absolute Gasteiger partial charge is 0.311 e. The van der Waals surface area contributed by atoms with Crippen molar-refractivity contribution in [3.63, 3.8) is 0 Å². The molecule has 9 nitrogen and oxygen atoms in total. The molecule has 0 aliphatic heterocycles. The molecule has 1 amide bonds. The topological polar surface area (TPSA) is 127 Å². The molecule has 0 aliphatic rings. The van der Waals surface area contributed by atoms with Crippen LogP contribution in [0.1, 0.15) is 12.5 Å². The van der Waals surface area contributed by atoms with Gasteiger partial charge in [0.25, 0.3) is 5.91 Å². The number of anilines is 1. The highest BCUT2D eigenvalue weighted by Crippen LogP contribution is 2.27. The van der Waals surface area contributed by atoms with Crippen molar-refractivity contribution in [1.29, 1.82) is 5.26 Å². The highest BCUT2D eigenvalue weighted by molar-refractivity contribution is 6.29. The summed E-state index contributed by atoms with van der Waals surface area (Å²) in [6.45, 7) is 1.45. The third-order valence-corrected chi connectivity index (χ3v) is 4.23. The van der Waals surface area contributed by atoms with E-state index in [0.717, 1.165) is 18.2 Å². The van der Waals surface area contributed by atoms with Crippen LogP contribution < -0.4 is 14.8 Å². The number of hydrogen-bond donors (Lipinski definition) is 1. The summed E-state index contributed by atoms with van der Waals surface area (Å²) in [5.74, 6) is -0.759. The molecule has 1 N–H and O–H groups in total. The first-order valence-electron chi connectivity index (χ1n) is 9.02. The van der Waals surface area contributed by atoms with Gasteiger partial charge in [-0.3, -0.25) is 14.9 Å². The number of benzene rings is 2. The summed E-state index contributed by atoms with van der Waals surface area (Å²) < 4.78 is 24.6. The molecule has 32 heavy (non-hydrogen) atoms. The highest BCUT2D eigenvalue weighted by Gasteiger charge is 2.22. The molecule has 3 rings (SSSR count). The van der Waals surface area contributed by atoms with Crippen molar-refractivity contribution in [3.8, 4) is 23.3 Å². The summed E-state index contributed by atoms with van der Waals surface area (Å²) >= 11 is 5.75. The molecule has 0 radical (unpaired) electrons. The van der Waals surface area contributed by atoms with Crippen LogP contribution in [0.25, 0.3) is 0 Å². The zero-order valence-corrected chi connectivity index (χ0v) is 17.2. The number of ether oxygens (including phenoxy) is 2. The van der Waals surface area contributed by atoms with Crippen LogP contribution in [0.3, 0.4) is 0 Å². The molecule has 0 aliphatic carbocycles. The van der Waals surface area contributed by atoms with Crippen LogP contribution in [0.5, 0.6) is 17.2 Å². The first-order valence-corrected chi connectivity index (χ1v) is 9.40. The van der Waals surface area contributed by atoms with E-state index in [0.29, 0.717) is 11.5 Å². The van der Waals surface area contributed by atoms with Crippen LogP contribution in [0.4, 0.5) is 15.9 Å². The summed E-state index contributed by atoms with van der Waals surface area (Å²) in [6.07, 6.45) is -1.02. The van der Waals surface area contributed by atoms with E-state index >= 15 is 0 Å². The maximum Gasteiger partial charge on any atom is 0.311 e. The van der Waals surface area contributed by atoms with E-state index in [2.05, 4.69) is 10.3 Å². The summed E-state index contributed by atoms with van der Waals surface area (Å²) in [4.78, 5) is 26.5. The van der Waals surface area contributed by atoms with Gasteiger partial charge in [-0.25, -0.2) is 9.37 Å². The first kappa shape index (κ1) is 22.5. The molecular weight excluding hydrogens is 443 g/mol. The monoisotopic (exact) mass is 456 g/mol. The van der Waals surface area contributed by atoms with Crippen molar-refractivity contribution >= 4 is 29.0 Å². The number of pyridine rings is 1. The van der Waals surface area contributed by atoms with Gasteiger partial charge in [-0.2, -0.15) is 5.26 Å². The fourth-order valence-electron chi connectivity index (χ4n) is 2.55. The van der Waals surface area contributed by atoms with Crippen LogP contribution in [0, 0.1) is 27.3 Å². The van der Waals surface area contributed by atoms with Gasteiger partial charge in [0.2, 0.25) is 5.82 Å². The number of hydrogen-bond acceptors (Lipinski definition) is 7. The molecule has 1 unspecified atom stereocenters. The predicted molar refractivity (Wildman–Crippen MR) is 112 cm³/mol. The summed E-state index contributed by atoms with van der Waals surface area (Å²) in [5, 5.41) is 22.3. The quantitative estimate of drug-likeness (QED) is 0.305. The van der Waals surface area contributed by atoms with Crippen LogP contribution in [-0.4, -0.2) is 21.9 Å². The number of nitrogens with zero attached hydrogens (tertiary/aromatic N) is 3. The summed E-state index contributed by atoms with van der Waals surface area (Å²) in [6, 6.07) is 13.9. The molecule has 0 saturated carbocycles. The minimum Gasteiger partial charge on any atom is -0.481 e. The molecule has 1 aromatic heterocycles. The number of nitro groups is 1. The van der Waals surface area contributed by atoms with Crippen molar-refractivity contribution < 1.29 is 23.6 Å². The minimum atomic E-state index is -1.02. The van der Waals surface area contributed by atoms with Gasteiger partial charge < -0.3 is 14.8 Å². The van der Waals surface area contributed by atoms with Crippen LogP contribution >= 0.6 is 11.6 Å². The number of nitrogens with one attached hydrogen (secondary N) is 1. The lowest BCUT2D eigenvalue weighted by Crippen LogP contribution is -2.30. The molecule has 0 fully saturated rings. The second-order valence-electron chi connectivity index (χ2n) is 6.37. The Morgan fingerprint density at radius 1 is 1.19 bits per heavy atom. The van der Waals surface area contributed by atoms with Crippen molar-refractivity contribution in [2.75, 3.05) is 5.32 Å². The van der Waals surface area contributed by atoms with Crippen molar-refractivity contribution in [2.45, 2.75) is 13.0 Å². The third kappa shape index (κ3) is 5.68. The molecule has 0 saturated heterocycles. The number of carbonyl (C=O) groups is 1. The van der Waals surface area contributed by atoms with Gasteiger partial charge >= 0.3 is 5.69 Å². The number of halogens is 2. The molecule has 0 spiro atoms. The van der Waals surface area contributed by atoms with E-state index in [1.807, 2.05) is 6.07 Å². The van der Waals surface area contributed by atoms with Gasteiger partial charge in [-0.15, -0.1) is 0 Å². The van der Waals surface area contributed by atoms with Gasteiger partial charge in [0.05, 0.1) is 16.6 Å². The van der Waals surface area contributed by atoms with Crippen molar-refractivity contribution in [3.05, 3.63) is 81.2 Å². The lowest BCUT2D eigenvalue weighted by molar-refractivity contribution is -0.384. The minimum absolute atomic E-state index is 0.0183. The predicted octanol–water partition coefficient (Wildman–Crippen LogP) is 4.85. The van der Waals surface area contributed by atoms with Gasteiger partial charge in [0, 0.05) is 12.1 Å². The maximum atomic E-state index is 13.5. The molecule has 1 heterocycles. The molecule has 162 valence electrons. The average Bonchev–Trinajstić information content (AvgIpc) is 2.74. The Balaban J connectivity index is 1.65. The molecule has 0 bridgehead atoms. The molecular formula is C21H14ClFN4O5. The Labute approximate surface area is 186 Å². The fraction of sp³-hybridized carbons (Fsp3) is 0.0952. The zero-order valence-electron chi connectivity index (χ0n) is 16.4. The number of nitriles is 1. The summed E-state index contributed by atoms with van der Waals surface area (Å²) in [7, 11) is 0. The highest BCUT2D eigenvalue weighted by atomic mass is 35.5. The Kier molecular flexibility index (Phi) is 6.82. The van der Waals surface area contributed by atoms with E-state index in [1.165, 1.54) is 43.3 Å². The van der Waals surface area contributed by atoms with Gasteiger partial charge in [-0.1, -0.05) is 11.6 Å². The molecule has 3 aromatic rings. The SMILES string of the molecule is CC(Oc1ccc(Oc2cc(F)cc(C#N)c2)cc1)C(=O)Nc1nc(Cl)ccc1[N+](=O)[O-]. The Bertz CT molecular complexity index is 1210. The molecule has 1 atom stereocenters. The number of amides is 1. The normalized spacial score (nSPS) is 11.2. The second kappa shape index (κ2) is 9.72. The molecule has 11 heteroatoms. The van der Waals surface area contributed by atoms with E-state index in [-0.39, 0.29) is 22.3 Å². The van der Waals surface area contributed by atoms with Gasteiger partial charge in [-0.05, 0) is 49.4 Å². The van der Waals surface area contributed by atoms with Crippen LogP contribution in [0.2, 0.25) is 5.15 Å². The van der Waals surface area contributed by atoms with Crippen molar-refractivity contribution in [2.24, 2.45) is 0 Å². The Morgan fingerprint density at radius 2 is 1.88 bits per heavy atom. The van der Waals surface area contributed by atoms with E-state index in [9.17, 15) is 19.3 Å². The van der Waals surface area contributed by atoms with Crippen LogP contribution in [-0.2, 0) is 4.79 Å². The number of aromatic nitrogens is 1. The van der Waals surface area contributed by atoms with E-state index < -0.39 is 28.4 Å². The Hall–Kier alpha value is -4.23. The standard InChI is InChI=1S/C21H14ClFN4O5/c1-12(21(28)26-20-18(27(29)30)6-7-19(22)25-20)31-15-2-4-16(5-3-15)32-17-9-13(11-24)8-14(23)10-17/h2-10,12H,1H3,(H,25,26,28). The number of rotatable bonds is 7. The maximum absolute atomic E-state index is 13.5. The number of carbonyl (C=O) groups excluding carboxylic acids is 1. The third-order valence-electron chi connectivity index (χ3n) is 4.02. The second-order valence-corrected chi connectivity index (χ2v) is 6.76. The summed E-state index contributed by atoms with van der Waals surface area (Å²) in [5.41, 5.74) is -0.289.